The monoisotopic (exact) mass is 268 g/mol. The van der Waals surface area contributed by atoms with Crippen LogP contribution in [-0.4, -0.2) is 18.6 Å². The van der Waals surface area contributed by atoms with E-state index in [1.807, 2.05) is 12.3 Å². The molecule has 1 aliphatic carbocycles. The third kappa shape index (κ3) is 2.29. The molecule has 1 aromatic carbocycles. The van der Waals surface area contributed by atoms with Crippen LogP contribution < -0.4 is 10.1 Å². The van der Waals surface area contributed by atoms with E-state index in [2.05, 4.69) is 41.5 Å². The largest absolute Gasteiger partial charge is 0.481 e. The van der Waals surface area contributed by atoms with Crippen molar-refractivity contribution in [2.45, 2.75) is 25.8 Å². The molecule has 2 aromatic rings. The predicted molar refractivity (Wildman–Crippen MR) is 81.0 cm³/mol. The first-order valence-corrected chi connectivity index (χ1v) is 7.19. The molecule has 1 unspecified atom stereocenters. The molecule has 20 heavy (non-hydrogen) atoms. The minimum Gasteiger partial charge on any atom is -0.481 e. The van der Waals surface area contributed by atoms with Crippen LogP contribution in [0.3, 0.4) is 0 Å². The highest BCUT2D eigenvalue weighted by Crippen LogP contribution is 2.37. The Morgan fingerprint density at radius 2 is 2.20 bits per heavy atom. The molecule has 0 bridgehead atoms. The summed E-state index contributed by atoms with van der Waals surface area (Å²) in [4.78, 5) is 4.32. The average Bonchev–Trinajstić information content (AvgIpc) is 2.91. The molecule has 0 saturated carbocycles. The third-order valence-corrected chi connectivity index (χ3v) is 3.98. The van der Waals surface area contributed by atoms with Crippen molar-refractivity contribution in [1.82, 2.24) is 10.3 Å². The number of rotatable bonds is 4. The van der Waals surface area contributed by atoms with Gasteiger partial charge in [0.1, 0.15) is 0 Å². The van der Waals surface area contributed by atoms with Gasteiger partial charge in [-0.15, -0.1) is 0 Å². The number of fused-ring (bicyclic) bond motifs is 1. The van der Waals surface area contributed by atoms with Gasteiger partial charge in [-0.05, 0) is 42.1 Å². The van der Waals surface area contributed by atoms with Crippen LogP contribution in [0.15, 0.2) is 36.5 Å². The van der Waals surface area contributed by atoms with Gasteiger partial charge in [0, 0.05) is 23.9 Å². The Kier molecular flexibility index (Phi) is 3.70. The highest BCUT2D eigenvalue weighted by Gasteiger charge is 2.23. The number of hydrogen-bond acceptors (Lipinski definition) is 3. The molecule has 0 radical (unpaired) electrons. The fraction of sp³-hybridized carbons (Fsp3) is 0.353. The Labute approximate surface area is 120 Å². The van der Waals surface area contributed by atoms with Crippen LogP contribution in [0.4, 0.5) is 0 Å². The second kappa shape index (κ2) is 5.63. The Morgan fingerprint density at radius 3 is 2.90 bits per heavy atom. The lowest BCUT2D eigenvalue weighted by atomic mass is 9.97. The molecule has 1 aromatic heterocycles. The summed E-state index contributed by atoms with van der Waals surface area (Å²) in [5.74, 6) is 0.659. The smallest absolute Gasteiger partial charge is 0.212 e. The lowest BCUT2D eigenvalue weighted by molar-refractivity contribution is 0.398. The number of methoxy groups -OCH3 is 1. The number of aromatic nitrogens is 1. The van der Waals surface area contributed by atoms with E-state index in [4.69, 9.17) is 4.74 Å². The fourth-order valence-corrected chi connectivity index (χ4v) is 3.04. The standard InChI is InChI=1S/C17H20N2O/c1-3-18-16-9-8-14-13(5-4-6-15(14)16)12-7-10-17(20-2)19-11-12/h4-7,10-11,16,18H,3,8-9H2,1-2H3. The average molecular weight is 268 g/mol. The number of benzene rings is 1. The summed E-state index contributed by atoms with van der Waals surface area (Å²) >= 11 is 0. The van der Waals surface area contributed by atoms with Crippen molar-refractivity contribution >= 4 is 0 Å². The number of pyridine rings is 1. The van der Waals surface area contributed by atoms with Crippen molar-refractivity contribution in [3.8, 4) is 17.0 Å². The zero-order chi connectivity index (χ0) is 13.9. The molecule has 3 heteroatoms. The van der Waals surface area contributed by atoms with E-state index in [0.29, 0.717) is 11.9 Å². The lowest BCUT2D eigenvalue weighted by Gasteiger charge is -2.13. The van der Waals surface area contributed by atoms with E-state index in [1.165, 1.54) is 28.7 Å². The Hall–Kier alpha value is -1.87. The van der Waals surface area contributed by atoms with E-state index in [1.54, 1.807) is 7.11 Å². The van der Waals surface area contributed by atoms with Gasteiger partial charge in [-0.3, -0.25) is 0 Å². The SMILES string of the molecule is CCNC1CCc2c(-c3ccc(OC)nc3)cccc21. The van der Waals surface area contributed by atoms with Crippen molar-refractivity contribution in [3.63, 3.8) is 0 Å². The maximum absolute atomic E-state index is 5.13. The van der Waals surface area contributed by atoms with Gasteiger partial charge >= 0.3 is 0 Å². The third-order valence-electron chi connectivity index (χ3n) is 3.98. The molecule has 1 heterocycles. The predicted octanol–water partition coefficient (Wildman–Crippen LogP) is 3.35. The zero-order valence-electron chi connectivity index (χ0n) is 12.0. The zero-order valence-corrected chi connectivity index (χ0v) is 12.0. The summed E-state index contributed by atoms with van der Waals surface area (Å²) in [6, 6.07) is 11.1. The molecule has 1 aliphatic rings. The van der Waals surface area contributed by atoms with Gasteiger partial charge in [-0.2, -0.15) is 0 Å². The van der Waals surface area contributed by atoms with Crippen LogP contribution in [-0.2, 0) is 6.42 Å². The van der Waals surface area contributed by atoms with Crippen LogP contribution >= 0.6 is 0 Å². The first-order chi connectivity index (χ1) is 9.83. The minimum atomic E-state index is 0.501. The van der Waals surface area contributed by atoms with Gasteiger partial charge in [-0.25, -0.2) is 4.98 Å². The Morgan fingerprint density at radius 1 is 1.30 bits per heavy atom. The number of hydrogen-bond donors (Lipinski definition) is 1. The number of ether oxygens (including phenoxy) is 1. The molecule has 0 amide bonds. The second-order valence-corrected chi connectivity index (χ2v) is 5.11. The van der Waals surface area contributed by atoms with Gasteiger partial charge in [0.05, 0.1) is 7.11 Å². The maximum atomic E-state index is 5.13. The molecule has 3 nitrogen and oxygen atoms in total. The van der Waals surface area contributed by atoms with E-state index < -0.39 is 0 Å². The number of nitrogens with one attached hydrogen (secondary N) is 1. The van der Waals surface area contributed by atoms with Crippen molar-refractivity contribution in [2.75, 3.05) is 13.7 Å². The van der Waals surface area contributed by atoms with Gasteiger partial charge in [-0.1, -0.05) is 25.1 Å². The molecule has 104 valence electrons. The molecular formula is C17H20N2O. The summed E-state index contributed by atoms with van der Waals surface area (Å²) < 4.78 is 5.13. The summed E-state index contributed by atoms with van der Waals surface area (Å²) in [7, 11) is 1.64. The Bertz CT molecular complexity index is 592. The van der Waals surface area contributed by atoms with Crippen LogP contribution in [0.2, 0.25) is 0 Å². The summed E-state index contributed by atoms with van der Waals surface area (Å²) in [5, 5.41) is 3.56. The van der Waals surface area contributed by atoms with Gasteiger partial charge in [0.25, 0.3) is 0 Å². The van der Waals surface area contributed by atoms with E-state index in [0.717, 1.165) is 13.0 Å². The second-order valence-electron chi connectivity index (χ2n) is 5.11. The highest BCUT2D eigenvalue weighted by atomic mass is 16.5. The quantitative estimate of drug-likeness (QED) is 0.923. The van der Waals surface area contributed by atoms with Crippen molar-refractivity contribution in [3.05, 3.63) is 47.7 Å². The molecule has 0 aliphatic heterocycles. The van der Waals surface area contributed by atoms with Gasteiger partial charge in [0.2, 0.25) is 5.88 Å². The molecule has 1 atom stereocenters. The molecule has 0 spiro atoms. The van der Waals surface area contributed by atoms with E-state index >= 15 is 0 Å². The van der Waals surface area contributed by atoms with Gasteiger partial charge < -0.3 is 10.1 Å². The fourth-order valence-electron chi connectivity index (χ4n) is 3.04. The van der Waals surface area contributed by atoms with Crippen LogP contribution in [0.25, 0.3) is 11.1 Å². The van der Waals surface area contributed by atoms with Crippen molar-refractivity contribution in [1.29, 1.82) is 0 Å². The number of nitrogens with zero attached hydrogens (tertiary/aromatic N) is 1. The lowest BCUT2D eigenvalue weighted by Crippen LogP contribution is -2.18. The van der Waals surface area contributed by atoms with Crippen LogP contribution in [0.5, 0.6) is 5.88 Å². The first-order valence-electron chi connectivity index (χ1n) is 7.19. The van der Waals surface area contributed by atoms with Gasteiger partial charge in [0.15, 0.2) is 0 Å². The van der Waals surface area contributed by atoms with Crippen molar-refractivity contribution < 1.29 is 4.74 Å². The van der Waals surface area contributed by atoms with E-state index in [9.17, 15) is 0 Å². The van der Waals surface area contributed by atoms with Crippen molar-refractivity contribution in [2.24, 2.45) is 0 Å². The summed E-state index contributed by atoms with van der Waals surface area (Å²) in [6.07, 6.45) is 4.22. The molecule has 3 rings (SSSR count). The highest BCUT2D eigenvalue weighted by molar-refractivity contribution is 5.69. The molecule has 0 fully saturated rings. The first kappa shape index (κ1) is 13.1. The summed E-state index contributed by atoms with van der Waals surface area (Å²) in [5.41, 5.74) is 5.38. The van der Waals surface area contributed by atoms with Crippen LogP contribution in [0.1, 0.15) is 30.5 Å². The normalized spacial score (nSPS) is 17.0. The minimum absolute atomic E-state index is 0.501. The van der Waals surface area contributed by atoms with E-state index in [-0.39, 0.29) is 0 Å². The molecule has 1 N–H and O–H groups in total. The summed E-state index contributed by atoms with van der Waals surface area (Å²) in [6.45, 7) is 3.17. The molecular weight excluding hydrogens is 248 g/mol. The van der Waals surface area contributed by atoms with Crippen LogP contribution in [0, 0.1) is 0 Å². The topological polar surface area (TPSA) is 34.1 Å². The molecule has 0 saturated heterocycles. The maximum Gasteiger partial charge on any atom is 0.212 e. The Balaban J connectivity index is 1.98.